The SMILES string of the molecule is CCN(C(=O)c1csc2nccn12)c1cccc(C)c1. The van der Waals surface area contributed by atoms with Crippen LogP contribution in [0.3, 0.4) is 0 Å². The Bertz CT molecular complexity index is 759. The molecule has 1 amide bonds. The van der Waals surface area contributed by atoms with Gasteiger partial charge in [0.1, 0.15) is 5.69 Å². The predicted octanol–water partition coefficient (Wildman–Crippen LogP) is 3.37. The zero-order valence-electron chi connectivity index (χ0n) is 11.4. The number of aryl methyl sites for hydroxylation is 1. The van der Waals surface area contributed by atoms with Crippen LogP contribution in [-0.4, -0.2) is 21.8 Å². The molecule has 5 heteroatoms. The summed E-state index contributed by atoms with van der Waals surface area (Å²) in [6.45, 7) is 4.65. The Morgan fingerprint density at radius 3 is 3.05 bits per heavy atom. The predicted molar refractivity (Wildman–Crippen MR) is 81.6 cm³/mol. The number of aromatic nitrogens is 2. The minimum Gasteiger partial charge on any atom is -0.307 e. The van der Waals surface area contributed by atoms with Crippen molar-refractivity contribution in [1.82, 2.24) is 9.38 Å². The lowest BCUT2D eigenvalue weighted by atomic mass is 10.2. The largest absolute Gasteiger partial charge is 0.307 e. The average Bonchev–Trinajstić information content (AvgIpc) is 3.01. The van der Waals surface area contributed by atoms with Crippen molar-refractivity contribution in [2.75, 3.05) is 11.4 Å². The minimum atomic E-state index is 0.00218. The van der Waals surface area contributed by atoms with Crippen LogP contribution in [0.1, 0.15) is 23.0 Å². The van der Waals surface area contributed by atoms with Gasteiger partial charge in [0.05, 0.1) is 0 Å². The van der Waals surface area contributed by atoms with Crippen molar-refractivity contribution >= 4 is 27.9 Å². The van der Waals surface area contributed by atoms with Crippen LogP contribution in [0.15, 0.2) is 42.0 Å². The molecule has 4 nitrogen and oxygen atoms in total. The zero-order valence-corrected chi connectivity index (χ0v) is 12.2. The van der Waals surface area contributed by atoms with Crippen molar-refractivity contribution in [3.8, 4) is 0 Å². The van der Waals surface area contributed by atoms with E-state index in [1.165, 1.54) is 11.3 Å². The van der Waals surface area contributed by atoms with Crippen molar-refractivity contribution in [3.05, 3.63) is 53.3 Å². The van der Waals surface area contributed by atoms with Crippen molar-refractivity contribution in [3.63, 3.8) is 0 Å². The third-order valence-electron chi connectivity index (χ3n) is 3.24. The van der Waals surface area contributed by atoms with Crippen LogP contribution in [-0.2, 0) is 0 Å². The summed E-state index contributed by atoms with van der Waals surface area (Å²) in [5, 5.41) is 1.86. The van der Waals surface area contributed by atoms with E-state index in [2.05, 4.69) is 4.98 Å². The molecule has 1 aromatic carbocycles. The third kappa shape index (κ3) is 2.10. The lowest BCUT2D eigenvalue weighted by Gasteiger charge is -2.21. The van der Waals surface area contributed by atoms with Crippen LogP contribution in [0.25, 0.3) is 4.96 Å². The van der Waals surface area contributed by atoms with Gasteiger partial charge in [0, 0.05) is 30.0 Å². The first-order valence-corrected chi connectivity index (χ1v) is 7.37. The minimum absolute atomic E-state index is 0.00218. The maximum Gasteiger partial charge on any atom is 0.276 e. The first kappa shape index (κ1) is 12.9. The Labute approximate surface area is 121 Å². The van der Waals surface area contributed by atoms with E-state index in [0.717, 1.165) is 16.2 Å². The number of rotatable bonds is 3. The normalized spacial score (nSPS) is 10.9. The van der Waals surface area contributed by atoms with Gasteiger partial charge in [-0.25, -0.2) is 4.98 Å². The van der Waals surface area contributed by atoms with Crippen LogP contribution < -0.4 is 4.90 Å². The maximum absolute atomic E-state index is 12.7. The Balaban J connectivity index is 2.01. The van der Waals surface area contributed by atoms with Gasteiger partial charge in [-0.2, -0.15) is 0 Å². The maximum atomic E-state index is 12.7. The summed E-state index contributed by atoms with van der Waals surface area (Å²) in [6, 6.07) is 7.99. The van der Waals surface area contributed by atoms with Gasteiger partial charge in [-0.05, 0) is 31.5 Å². The fourth-order valence-corrected chi connectivity index (χ4v) is 3.08. The summed E-state index contributed by atoms with van der Waals surface area (Å²) in [7, 11) is 0. The highest BCUT2D eigenvalue weighted by atomic mass is 32.1. The molecular weight excluding hydrogens is 270 g/mol. The van der Waals surface area contributed by atoms with Crippen LogP contribution in [0.4, 0.5) is 5.69 Å². The highest BCUT2D eigenvalue weighted by Gasteiger charge is 2.20. The summed E-state index contributed by atoms with van der Waals surface area (Å²) >= 11 is 1.48. The number of hydrogen-bond donors (Lipinski definition) is 0. The number of amides is 1. The van der Waals surface area contributed by atoms with Gasteiger partial charge in [0.25, 0.3) is 5.91 Å². The molecular formula is C15H15N3OS. The highest BCUT2D eigenvalue weighted by molar-refractivity contribution is 7.15. The second kappa shape index (κ2) is 5.09. The Kier molecular flexibility index (Phi) is 3.28. The molecule has 0 aliphatic heterocycles. The monoisotopic (exact) mass is 285 g/mol. The lowest BCUT2D eigenvalue weighted by Crippen LogP contribution is -2.31. The summed E-state index contributed by atoms with van der Waals surface area (Å²) in [6.07, 6.45) is 3.54. The number of benzene rings is 1. The van der Waals surface area contributed by atoms with E-state index in [4.69, 9.17) is 0 Å². The van der Waals surface area contributed by atoms with Gasteiger partial charge in [0.2, 0.25) is 0 Å². The van der Waals surface area contributed by atoms with E-state index in [1.54, 1.807) is 11.1 Å². The van der Waals surface area contributed by atoms with Gasteiger partial charge in [-0.15, -0.1) is 11.3 Å². The molecule has 0 fully saturated rings. The van der Waals surface area contributed by atoms with Gasteiger partial charge in [-0.3, -0.25) is 9.20 Å². The summed E-state index contributed by atoms with van der Waals surface area (Å²) in [4.78, 5) is 19.6. The van der Waals surface area contributed by atoms with E-state index in [-0.39, 0.29) is 5.91 Å². The van der Waals surface area contributed by atoms with Crippen LogP contribution >= 0.6 is 11.3 Å². The van der Waals surface area contributed by atoms with E-state index in [1.807, 2.05) is 54.1 Å². The number of carbonyl (C=O) groups is 1. The molecule has 0 atom stereocenters. The third-order valence-corrected chi connectivity index (χ3v) is 4.09. The average molecular weight is 285 g/mol. The molecule has 20 heavy (non-hydrogen) atoms. The Morgan fingerprint density at radius 2 is 2.30 bits per heavy atom. The summed E-state index contributed by atoms with van der Waals surface area (Å²) in [5.74, 6) is 0.00218. The number of carbonyl (C=O) groups excluding carboxylic acids is 1. The number of imidazole rings is 1. The van der Waals surface area contributed by atoms with Crippen LogP contribution in [0.2, 0.25) is 0 Å². The summed E-state index contributed by atoms with van der Waals surface area (Å²) in [5.41, 5.74) is 2.73. The lowest BCUT2D eigenvalue weighted by molar-refractivity contribution is 0.0983. The molecule has 0 aliphatic rings. The quantitative estimate of drug-likeness (QED) is 0.740. The molecule has 0 radical (unpaired) electrons. The standard InChI is InChI=1S/C15H15N3OS/c1-3-17(12-6-4-5-11(2)9-12)14(19)13-10-20-15-16-7-8-18(13)15/h4-10H,3H2,1-2H3. The molecule has 0 aliphatic carbocycles. The fourth-order valence-electron chi connectivity index (χ4n) is 2.26. The highest BCUT2D eigenvalue weighted by Crippen LogP contribution is 2.21. The van der Waals surface area contributed by atoms with Crippen molar-refractivity contribution in [2.45, 2.75) is 13.8 Å². The molecule has 102 valence electrons. The van der Waals surface area contributed by atoms with Gasteiger partial charge in [0.15, 0.2) is 4.96 Å². The van der Waals surface area contributed by atoms with Gasteiger partial charge >= 0.3 is 0 Å². The second-order valence-electron chi connectivity index (χ2n) is 4.59. The Morgan fingerprint density at radius 1 is 1.45 bits per heavy atom. The van der Waals surface area contributed by atoms with E-state index >= 15 is 0 Å². The molecule has 0 saturated heterocycles. The molecule has 2 aromatic heterocycles. The molecule has 0 unspecified atom stereocenters. The topological polar surface area (TPSA) is 37.6 Å². The number of anilines is 1. The molecule has 0 spiro atoms. The van der Waals surface area contributed by atoms with Crippen LogP contribution in [0.5, 0.6) is 0 Å². The first-order valence-electron chi connectivity index (χ1n) is 6.50. The van der Waals surface area contributed by atoms with Crippen molar-refractivity contribution < 1.29 is 4.79 Å². The molecule has 3 rings (SSSR count). The number of fused-ring (bicyclic) bond motifs is 1. The van der Waals surface area contributed by atoms with Gasteiger partial charge < -0.3 is 4.90 Å². The number of nitrogens with zero attached hydrogens (tertiary/aromatic N) is 3. The van der Waals surface area contributed by atoms with Gasteiger partial charge in [-0.1, -0.05) is 12.1 Å². The molecule has 3 aromatic rings. The van der Waals surface area contributed by atoms with Crippen LogP contribution in [0, 0.1) is 6.92 Å². The molecule has 0 N–H and O–H groups in total. The number of hydrogen-bond acceptors (Lipinski definition) is 3. The fraction of sp³-hybridized carbons (Fsp3) is 0.200. The van der Waals surface area contributed by atoms with Crippen molar-refractivity contribution in [1.29, 1.82) is 0 Å². The van der Waals surface area contributed by atoms with E-state index in [9.17, 15) is 4.79 Å². The summed E-state index contributed by atoms with van der Waals surface area (Å²) < 4.78 is 1.84. The first-order chi connectivity index (χ1) is 9.70. The molecule has 0 saturated carbocycles. The Hall–Kier alpha value is -2.14. The van der Waals surface area contributed by atoms with Crippen molar-refractivity contribution in [2.24, 2.45) is 0 Å². The second-order valence-corrected chi connectivity index (χ2v) is 5.43. The number of thiazole rings is 1. The zero-order chi connectivity index (χ0) is 14.1. The van der Waals surface area contributed by atoms with E-state index < -0.39 is 0 Å². The smallest absolute Gasteiger partial charge is 0.276 e. The molecule has 2 heterocycles. The van der Waals surface area contributed by atoms with E-state index in [0.29, 0.717) is 12.2 Å². The molecule has 0 bridgehead atoms.